The Bertz CT molecular complexity index is 720. The third-order valence-electron chi connectivity index (χ3n) is 5.04. The third-order valence-corrected chi connectivity index (χ3v) is 6.08. The molecular formula is C18H21N3O2S. The highest BCUT2D eigenvalue weighted by atomic mass is 32.1. The average molecular weight is 343 g/mol. The fourth-order valence-corrected chi connectivity index (χ4v) is 4.44. The molecule has 1 amide bonds. The maximum atomic E-state index is 12.6. The van der Waals surface area contributed by atoms with E-state index in [-0.39, 0.29) is 11.9 Å². The fourth-order valence-electron chi connectivity index (χ4n) is 3.61. The highest BCUT2D eigenvalue weighted by Crippen LogP contribution is 2.29. The fraction of sp³-hybridized carbons (Fsp3) is 0.444. The lowest BCUT2D eigenvalue weighted by molar-refractivity contribution is 0.0622. The molecule has 0 aliphatic carbocycles. The van der Waals surface area contributed by atoms with Crippen molar-refractivity contribution < 1.29 is 9.53 Å². The highest BCUT2D eigenvalue weighted by Gasteiger charge is 2.35. The quantitative estimate of drug-likeness (QED) is 0.927. The van der Waals surface area contributed by atoms with Gasteiger partial charge in [-0.25, -0.2) is 4.98 Å². The largest absolute Gasteiger partial charge is 0.497 e. The zero-order chi connectivity index (χ0) is 16.5. The van der Waals surface area contributed by atoms with Crippen molar-refractivity contribution in [2.45, 2.75) is 18.9 Å². The molecule has 3 fully saturated rings. The first-order valence-corrected chi connectivity index (χ1v) is 9.18. The maximum absolute atomic E-state index is 12.6. The Morgan fingerprint density at radius 1 is 1.29 bits per heavy atom. The lowest BCUT2D eigenvalue weighted by Gasteiger charge is -2.44. The molecule has 5 rings (SSSR count). The Labute approximate surface area is 145 Å². The predicted octanol–water partition coefficient (Wildman–Crippen LogP) is 2.64. The van der Waals surface area contributed by atoms with E-state index in [0.29, 0.717) is 10.8 Å². The molecule has 3 aliphatic rings. The second-order valence-corrected chi connectivity index (χ2v) is 7.51. The van der Waals surface area contributed by atoms with Crippen molar-refractivity contribution in [3.05, 3.63) is 35.3 Å². The Balaban J connectivity index is 1.44. The van der Waals surface area contributed by atoms with Gasteiger partial charge in [-0.3, -0.25) is 4.79 Å². The van der Waals surface area contributed by atoms with Crippen molar-refractivity contribution in [3.8, 4) is 16.3 Å². The molecule has 0 saturated carbocycles. The molecule has 5 nitrogen and oxygen atoms in total. The first-order valence-electron chi connectivity index (χ1n) is 8.36. The molecular weight excluding hydrogens is 322 g/mol. The van der Waals surface area contributed by atoms with Gasteiger partial charge >= 0.3 is 0 Å². The zero-order valence-corrected chi connectivity index (χ0v) is 14.5. The average Bonchev–Trinajstić information content (AvgIpc) is 3.13. The molecule has 1 aromatic heterocycles. The lowest BCUT2D eigenvalue weighted by atomic mass is 9.84. The van der Waals surface area contributed by atoms with Crippen molar-refractivity contribution in [1.29, 1.82) is 0 Å². The summed E-state index contributed by atoms with van der Waals surface area (Å²) in [6.45, 7) is 3.35. The number of piperidine rings is 3. The highest BCUT2D eigenvalue weighted by molar-refractivity contribution is 7.16. The number of benzene rings is 1. The van der Waals surface area contributed by atoms with Gasteiger partial charge in [-0.05, 0) is 56.1 Å². The molecule has 3 aliphatic heterocycles. The van der Waals surface area contributed by atoms with Crippen LogP contribution in [-0.2, 0) is 0 Å². The molecule has 24 heavy (non-hydrogen) atoms. The molecule has 0 spiro atoms. The summed E-state index contributed by atoms with van der Waals surface area (Å²) in [6.07, 6.45) is 4.08. The number of thiazole rings is 1. The summed E-state index contributed by atoms with van der Waals surface area (Å²) in [5.74, 6) is 1.45. The van der Waals surface area contributed by atoms with Crippen LogP contribution in [0.2, 0.25) is 0 Å². The molecule has 6 heteroatoms. The van der Waals surface area contributed by atoms with Crippen LogP contribution in [0.1, 0.15) is 22.5 Å². The second-order valence-electron chi connectivity index (χ2n) is 6.48. The van der Waals surface area contributed by atoms with Gasteiger partial charge in [0.2, 0.25) is 0 Å². The van der Waals surface area contributed by atoms with E-state index in [1.807, 2.05) is 24.3 Å². The van der Waals surface area contributed by atoms with Gasteiger partial charge in [0.05, 0.1) is 13.3 Å². The first-order chi connectivity index (χ1) is 11.7. The molecule has 1 unspecified atom stereocenters. The van der Waals surface area contributed by atoms with E-state index in [1.165, 1.54) is 37.3 Å². The zero-order valence-electron chi connectivity index (χ0n) is 13.7. The van der Waals surface area contributed by atoms with Crippen LogP contribution in [0.4, 0.5) is 0 Å². The number of aromatic nitrogens is 1. The van der Waals surface area contributed by atoms with Crippen LogP contribution < -0.4 is 10.1 Å². The maximum Gasteiger partial charge on any atom is 0.263 e. The summed E-state index contributed by atoms with van der Waals surface area (Å²) in [5.41, 5.74) is 1.00. The van der Waals surface area contributed by atoms with Crippen LogP contribution >= 0.6 is 11.3 Å². The number of ether oxygens (including phenoxy) is 1. The third kappa shape index (κ3) is 3.03. The molecule has 3 saturated heterocycles. The van der Waals surface area contributed by atoms with Gasteiger partial charge in [0.15, 0.2) is 0 Å². The minimum Gasteiger partial charge on any atom is -0.497 e. The summed E-state index contributed by atoms with van der Waals surface area (Å²) in [6, 6.07) is 8.03. The molecule has 2 bridgehead atoms. The monoisotopic (exact) mass is 343 g/mol. The number of carbonyl (C=O) groups is 1. The normalized spacial score (nSPS) is 25.5. The van der Waals surface area contributed by atoms with Gasteiger partial charge in [-0.15, -0.1) is 11.3 Å². The molecule has 1 atom stereocenters. The summed E-state index contributed by atoms with van der Waals surface area (Å²) in [4.78, 5) is 20.1. The number of fused-ring (bicyclic) bond motifs is 3. The van der Waals surface area contributed by atoms with Gasteiger partial charge < -0.3 is 15.0 Å². The van der Waals surface area contributed by atoms with Gasteiger partial charge in [0.25, 0.3) is 5.91 Å². The van der Waals surface area contributed by atoms with E-state index in [2.05, 4.69) is 15.2 Å². The topological polar surface area (TPSA) is 54.5 Å². The summed E-state index contributed by atoms with van der Waals surface area (Å²) >= 11 is 1.44. The van der Waals surface area contributed by atoms with Gasteiger partial charge in [0.1, 0.15) is 15.6 Å². The van der Waals surface area contributed by atoms with Crippen LogP contribution in [-0.4, -0.2) is 48.6 Å². The molecule has 2 aromatic rings. The lowest BCUT2D eigenvalue weighted by Crippen LogP contribution is -2.57. The van der Waals surface area contributed by atoms with Crippen molar-refractivity contribution in [1.82, 2.24) is 15.2 Å². The van der Waals surface area contributed by atoms with Crippen molar-refractivity contribution in [2.24, 2.45) is 5.92 Å². The molecule has 0 radical (unpaired) electrons. The Morgan fingerprint density at radius 2 is 2.04 bits per heavy atom. The molecule has 126 valence electrons. The summed E-state index contributed by atoms with van der Waals surface area (Å²) < 4.78 is 5.17. The van der Waals surface area contributed by atoms with Crippen LogP contribution in [0.15, 0.2) is 30.5 Å². The van der Waals surface area contributed by atoms with Crippen LogP contribution in [0, 0.1) is 5.92 Å². The van der Waals surface area contributed by atoms with E-state index in [0.717, 1.165) is 22.9 Å². The van der Waals surface area contributed by atoms with E-state index in [4.69, 9.17) is 4.74 Å². The second kappa shape index (κ2) is 6.53. The van der Waals surface area contributed by atoms with E-state index in [1.54, 1.807) is 13.3 Å². The van der Waals surface area contributed by atoms with Crippen LogP contribution in [0.3, 0.4) is 0 Å². The predicted molar refractivity (Wildman–Crippen MR) is 94.5 cm³/mol. The van der Waals surface area contributed by atoms with Crippen LogP contribution in [0.25, 0.3) is 10.6 Å². The summed E-state index contributed by atoms with van der Waals surface area (Å²) in [5, 5.41) is 4.08. The van der Waals surface area contributed by atoms with E-state index >= 15 is 0 Å². The number of hydrogen-bond acceptors (Lipinski definition) is 5. The van der Waals surface area contributed by atoms with Crippen LogP contribution in [0.5, 0.6) is 5.75 Å². The number of rotatable bonds is 4. The number of methoxy groups -OCH3 is 1. The molecule has 1 N–H and O–H groups in total. The number of nitrogens with one attached hydrogen (secondary N) is 1. The number of hydrogen-bond donors (Lipinski definition) is 1. The van der Waals surface area contributed by atoms with Gasteiger partial charge in [-0.1, -0.05) is 0 Å². The summed E-state index contributed by atoms with van der Waals surface area (Å²) in [7, 11) is 1.65. The Kier molecular flexibility index (Phi) is 4.24. The standard InChI is InChI=1S/C18H21N3O2S/c1-23-14-4-2-13(3-5-14)18-19-10-16(24-18)17(22)20-15-11-21-8-6-12(15)7-9-21/h2-5,10,12,15H,6-9,11H2,1H3,(H,20,22). The number of amides is 1. The van der Waals surface area contributed by atoms with Crippen molar-refractivity contribution in [2.75, 3.05) is 26.7 Å². The van der Waals surface area contributed by atoms with E-state index < -0.39 is 0 Å². The molecule has 1 aromatic carbocycles. The molecule has 4 heterocycles. The number of nitrogens with zero attached hydrogens (tertiary/aromatic N) is 2. The first kappa shape index (κ1) is 15.6. The Morgan fingerprint density at radius 3 is 2.67 bits per heavy atom. The van der Waals surface area contributed by atoms with Gasteiger partial charge in [-0.2, -0.15) is 0 Å². The van der Waals surface area contributed by atoms with Crippen molar-refractivity contribution in [3.63, 3.8) is 0 Å². The Hall–Kier alpha value is -1.92. The smallest absolute Gasteiger partial charge is 0.263 e. The van der Waals surface area contributed by atoms with E-state index in [9.17, 15) is 4.79 Å². The SMILES string of the molecule is COc1ccc(-c2ncc(C(=O)NC3CN4CCC3CC4)s2)cc1. The van der Waals surface area contributed by atoms with Crippen molar-refractivity contribution >= 4 is 17.2 Å². The minimum absolute atomic E-state index is 0.00557. The van der Waals surface area contributed by atoms with Gasteiger partial charge in [0, 0.05) is 18.2 Å². The minimum atomic E-state index is 0.00557. The number of carbonyl (C=O) groups excluding carboxylic acids is 1.